The Morgan fingerprint density at radius 3 is 2.59 bits per heavy atom. The van der Waals surface area contributed by atoms with Crippen LogP contribution in [0.5, 0.6) is 5.75 Å². The average molecular weight is 234 g/mol. The van der Waals surface area contributed by atoms with Crippen LogP contribution in [0.15, 0.2) is 18.2 Å². The first-order valence-electron chi connectivity index (χ1n) is 6.34. The van der Waals surface area contributed by atoms with E-state index in [1.54, 1.807) is 6.07 Å². The predicted molar refractivity (Wildman–Crippen MR) is 69.2 cm³/mol. The summed E-state index contributed by atoms with van der Waals surface area (Å²) in [5.41, 5.74) is 1.90. The Balaban J connectivity index is 2.54. The number of hydrogen-bond acceptors (Lipinski definition) is 2. The molecule has 2 heteroatoms. The van der Waals surface area contributed by atoms with Crippen molar-refractivity contribution in [2.24, 2.45) is 5.41 Å². The van der Waals surface area contributed by atoms with E-state index >= 15 is 0 Å². The lowest BCUT2D eigenvalue weighted by Gasteiger charge is -2.41. The number of phenols is 1. The molecule has 1 aromatic carbocycles. The Labute approximate surface area is 103 Å². The Morgan fingerprint density at radius 1 is 1.24 bits per heavy atom. The van der Waals surface area contributed by atoms with Gasteiger partial charge >= 0.3 is 0 Å². The predicted octanol–water partition coefficient (Wildman–Crippen LogP) is 3.14. The SMILES string of the molecule is Cc1ccc(O)c([C@@]2(C)CCC[C@]2(C)CO)c1. The van der Waals surface area contributed by atoms with Gasteiger partial charge in [0.15, 0.2) is 0 Å². The summed E-state index contributed by atoms with van der Waals surface area (Å²) in [7, 11) is 0. The van der Waals surface area contributed by atoms with Crippen LogP contribution in [0, 0.1) is 12.3 Å². The molecular formula is C15H22O2. The Kier molecular flexibility index (Phi) is 2.94. The maximum atomic E-state index is 10.1. The molecule has 0 saturated heterocycles. The molecule has 1 aromatic rings. The zero-order valence-electron chi connectivity index (χ0n) is 11.0. The minimum absolute atomic E-state index is 0.127. The summed E-state index contributed by atoms with van der Waals surface area (Å²) >= 11 is 0. The van der Waals surface area contributed by atoms with Gasteiger partial charge in [-0.15, -0.1) is 0 Å². The number of phenolic OH excluding ortho intramolecular Hbond substituents is 1. The number of aliphatic hydroxyl groups excluding tert-OH is 1. The van der Waals surface area contributed by atoms with Crippen molar-refractivity contribution in [2.75, 3.05) is 6.61 Å². The summed E-state index contributed by atoms with van der Waals surface area (Å²) in [6.45, 7) is 6.51. The Morgan fingerprint density at radius 2 is 1.94 bits per heavy atom. The molecule has 0 heterocycles. The lowest BCUT2D eigenvalue weighted by atomic mass is 9.64. The topological polar surface area (TPSA) is 40.5 Å². The highest BCUT2D eigenvalue weighted by molar-refractivity contribution is 5.43. The van der Waals surface area contributed by atoms with Gasteiger partial charge < -0.3 is 10.2 Å². The fourth-order valence-corrected chi connectivity index (χ4v) is 3.21. The van der Waals surface area contributed by atoms with Crippen molar-refractivity contribution in [2.45, 2.75) is 45.4 Å². The molecule has 2 N–H and O–H groups in total. The first kappa shape index (κ1) is 12.4. The van der Waals surface area contributed by atoms with Crippen molar-refractivity contribution >= 4 is 0 Å². The smallest absolute Gasteiger partial charge is 0.119 e. The normalized spacial score (nSPS) is 32.9. The van der Waals surface area contributed by atoms with Crippen LogP contribution >= 0.6 is 0 Å². The summed E-state index contributed by atoms with van der Waals surface area (Å²) < 4.78 is 0. The molecule has 1 saturated carbocycles. The fourth-order valence-electron chi connectivity index (χ4n) is 3.21. The highest BCUT2D eigenvalue weighted by atomic mass is 16.3. The largest absolute Gasteiger partial charge is 0.508 e. The van der Waals surface area contributed by atoms with E-state index < -0.39 is 0 Å². The molecule has 17 heavy (non-hydrogen) atoms. The second-order valence-electron chi connectivity index (χ2n) is 5.93. The summed E-state index contributed by atoms with van der Waals surface area (Å²) in [6.07, 6.45) is 3.16. The quantitative estimate of drug-likeness (QED) is 0.825. The van der Waals surface area contributed by atoms with Crippen LogP contribution < -0.4 is 0 Å². The molecule has 0 spiro atoms. The van der Waals surface area contributed by atoms with E-state index in [4.69, 9.17) is 0 Å². The third-order valence-corrected chi connectivity index (χ3v) is 4.83. The molecule has 1 aliphatic rings. The highest BCUT2D eigenvalue weighted by Crippen LogP contribution is 2.55. The first-order chi connectivity index (χ1) is 7.93. The van der Waals surface area contributed by atoms with E-state index in [-0.39, 0.29) is 17.4 Å². The molecule has 0 aromatic heterocycles. The number of hydrogen-bond donors (Lipinski definition) is 2. The number of rotatable bonds is 2. The zero-order chi connectivity index (χ0) is 12.7. The van der Waals surface area contributed by atoms with Crippen LogP contribution in [0.3, 0.4) is 0 Å². The van der Waals surface area contributed by atoms with Gasteiger partial charge in [0.05, 0.1) is 0 Å². The van der Waals surface area contributed by atoms with Gasteiger partial charge in [0, 0.05) is 23.0 Å². The number of benzene rings is 1. The van der Waals surface area contributed by atoms with E-state index in [0.717, 1.165) is 30.4 Å². The van der Waals surface area contributed by atoms with Gasteiger partial charge in [-0.05, 0) is 25.8 Å². The average Bonchev–Trinajstić information content (AvgIpc) is 2.60. The lowest BCUT2D eigenvalue weighted by molar-refractivity contribution is 0.0848. The fraction of sp³-hybridized carbons (Fsp3) is 0.600. The zero-order valence-corrected chi connectivity index (χ0v) is 11.0. The second-order valence-corrected chi connectivity index (χ2v) is 5.93. The highest BCUT2D eigenvalue weighted by Gasteiger charge is 2.50. The van der Waals surface area contributed by atoms with E-state index in [1.807, 2.05) is 13.0 Å². The van der Waals surface area contributed by atoms with Crippen molar-refractivity contribution in [3.63, 3.8) is 0 Å². The van der Waals surface area contributed by atoms with Crippen LogP contribution in [-0.4, -0.2) is 16.8 Å². The van der Waals surface area contributed by atoms with E-state index in [0.29, 0.717) is 5.75 Å². The van der Waals surface area contributed by atoms with E-state index in [1.165, 1.54) is 0 Å². The van der Waals surface area contributed by atoms with Gasteiger partial charge in [0.2, 0.25) is 0 Å². The molecule has 2 atom stereocenters. The van der Waals surface area contributed by atoms with E-state index in [9.17, 15) is 10.2 Å². The molecule has 0 amide bonds. The van der Waals surface area contributed by atoms with Crippen LogP contribution in [0.25, 0.3) is 0 Å². The van der Waals surface area contributed by atoms with Crippen LogP contribution in [0.1, 0.15) is 44.2 Å². The maximum Gasteiger partial charge on any atom is 0.119 e. The molecule has 1 aliphatic carbocycles. The Hall–Kier alpha value is -1.02. The Bertz CT molecular complexity index is 427. The molecule has 2 rings (SSSR count). The first-order valence-corrected chi connectivity index (χ1v) is 6.34. The molecular weight excluding hydrogens is 212 g/mol. The molecule has 0 unspecified atom stereocenters. The summed E-state index contributed by atoms with van der Waals surface area (Å²) in [6, 6.07) is 5.76. The van der Waals surface area contributed by atoms with Crippen molar-refractivity contribution in [1.29, 1.82) is 0 Å². The van der Waals surface area contributed by atoms with Gasteiger partial charge in [0.25, 0.3) is 0 Å². The number of aromatic hydroxyl groups is 1. The van der Waals surface area contributed by atoms with Crippen LogP contribution in [0.2, 0.25) is 0 Å². The van der Waals surface area contributed by atoms with Crippen molar-refractivity contribution in [3.8, 4) is 5.75 Å². The van der Waals surface area contributed by atoms with Crippen molar-refractivity contribution < 1.29 is 10.2 Å². The number of aryl methyl sites for hydroxylation is 1. The summed E-state index contributed by atoms with van der Waals surface area (Å²) in [5.74, 6) is 0.361. The van der Waals surface area contributed by atoms with Crippen molar-refractivity contribution in [1.82, 2.24) is 0 Å². The van der Waals surface area contributed by atoms with Crippen LogP contribution in [0.4, 0.5) is 0 Å². The van der Waals surface area contributed by atoms with Gasteiger partial charge in [-0.25, -0.2) is 0 Å². The van der Waals surface area contributed by atoms with Gasteiger partial charge in [0.1, 0.15) is 5.75 Å². The third kappa shape index (κ3) is 1.75. The van der Waals surface area contributed by atoms with Gasteiger partial charge in [-0.3, -0.25) is 0 Å². The maximum absolute atomic E-state index is 10.1. The minimum atomic E-state index is -0.127. The minimum Gasteiger partial charge on any atom is -0.508 e. The van der Waals surface area contributed by atoms with Crippen LogP contribution in [-0.2, 0) is 5.41 Å². The number of aliphatic hydroxyl groups is 1. The molecule has 0 radical (unpaired) electrons. The van der Waals surface area contributed by atoms with Gasteiger partial charge in [-0.1, -0.05) is 38.0 Å². The monoisotopic (exact) mass is 234 g/mol. The molecule has 94 valence electrons. The molecule has 0 bridgehead atoms. The molecule has 0 aliphatic heterocycles. The van der Waals surface area contributed by atoms with Crippen molar-refractivity contribution in [3.05, 3.63) is 29.3 Å². The van der Waals surface area contributed by atoms with E-state index in [2.05, 4.69) is 19.9 Å². The van der Waals surface area contributed by atoms with Gasteiger partial charge in [-0.2, -0.15) is 0 Å². The standard InChI is InChI=1S/C15H22O2/c1-11-5-6-13(17)12(9-11)15(3)8-4-7-14(15,2)10-16/h5-6,9,16-17H,4,7-8,10H2,1-3H3/t14-,15-/m1/s1. The molecule has 1 fully saturated rings. The second kappa shape index (κ2) is 4.02. The third-order valence-electron chi connectivity index (χ3n) is 4.83. The summed E-state index contributed by atoms with van der Waals surface area (Å²) in [4.78, 5) is 0. The summed E-state index contributed by atoms with van der Waals surface area (Å²) in [5, 5.41) is 19.8. The lowest BCUT2D eigenvalue weighted by Crippen LogP contribution is -2.39. The molecule has 2 nitrogen and oxygen atoms in total.